The fourth-order valence-corrected chi connectivity index (χ4v) is 2.09. The van der Waals surface area contributed by atoms with Gasteiger partial charge in [-0.3, -0.25) is 0 Å². The van der Waals surface area contributed by atoms with Crippen LogP contribution in [0.2, 0.25) is 0 Å². The van der Waals surface area contributed by atoms with Gasteiger partial charge in [0.1, 0.15) is 0 Å². The van der Waals surface area contributed by atoms with Crippen LogP contribution in [0.4, 0.5) is 0 Å². The molecule has 4 nitrogen and oxygen atoms in total. The lowest BCUT2D eigenvalue weighted by Crippen LogP contribution is -2.36. The summed E-state index contributed by atoms with van der Waals surface area (Å²) in [6.07, 6.45) is 1.22. The molecule has 3 atom stereocenters. The topological polar surface area (TPSA) is 58.9 Å². The number of rotatable bonds is 11. The third-order valence-electron chi connectivity index (χ3n) is 4.45. The molecule has 4 heteroatoms. The first-order valence-electron chi connectivity index (χ1n) is 8.16. The van der Waals surface area contributed by atoms with E-state index >= 15 is 0 Å². The molecule has 2 N–H and O–H groups in total. The van der Waals surface area contributed by atoms with Crippen molar-refractivity contribution in [1.29, 1.82) is 0 Å². The quantitative estimate of drug-likeness (QED) is 0.453. The van der Waals surface area contributed by atoms with Crippen molar-refractivity contribution in [2.75, 3.05) is 13.2 Å². The minimum absolute atomic E-state index is 0.269. The van der Waals surface area contributed by atoms with E-state index in [1.165, 1.54) is 0 Å². The van der Waals surface area contributed by atoms with E-state index in [2.05, 4.69) is 13.8 Å². The summed E-state index contributed by atoms with van der Waals surface area (Å²) in [6, 6.07) is 0. The Hall–Kier alpha value is -0.160. The third kappa shape index (κ3) is 7.59. The lowest BCUT2D eigenvalue weighted by Gasteiger charge is -2.33. The van der Waals surface area contributed by atoms with Gasteiger partial charge in [-0.2, -0.15) is 0 Å². The Bertz CT molecular complexity index is 276. The fourth-order valence-electron chi connectivity index (χ4n) is 2.09. The highest BCUT2D eigenvalue weighted by Crippen LogP contribution is 2.31. The van der Waals surface area contributed by atoms with Crippen molar-refractivity contribution in [1.82, 2.24) is 0 Å². The summed E-state index contributed by atoms with van der Waals surface area (Å²) in [4.78, 5) is 0. The summed E-state index contributed by atoms with van der Waals surface area (Å²) >= 11 is 0. The Morgan fingerprint density at radius 2 is 1.29 bits per heavy atom. The summed E-state index contributed by atoms with van der Waals surface area (Å²) in [5.74, 6) is 0.557. The summed E-state index contributed by atoms with van der Waals surface area (Å²) in [5.41, 5.74) is -0.550. The Morgan fingerprint density at radius 3 is 1.67 bits per heavy atom. The molecule has 0 aliphatic heterocycles. The number of hydrogen-bond donors (Lipinski definition) is 2. The molecule has 0 fully saturated rings. The first-order chi connectivity index (χ1) is 9.56. The van der Waals surface area contributed by atoms with Crippen LogP contribution >= 0.6 is 0 Å². The molecule has 0 amide bonds. The number of ether oxygens (including phenoxy) is 2. The van der Waals surface area contributed by atoms with Gasteiger partial charge in [-0.25, -0.2) is 0 Å². The first-order valence-corrected chi connectivity index (χ1v) is 8.16. The average Bonchev–Trinajstić information content (AvgIpc) is 2.42. The van der Waals surface area contributed by atoms with E-state index in [1.54, 1.807) is 0 Å². The molecule has 0 bridgehead atoms. The standard InChI is InChI=1S/C17H36O4/c1-8-13(3)12-17(6,7)15(19)21-11-10-20-14(18)16(4,5)9-2/h13-15,18-19H,8-12H2,1-7H3. The zero-order valence-electron chi connectivity index (χ0n) is 15.0. The molecule has 0 heterocycles. The summed E-state index contributed by atoms with van der Waals surface area (Å²) < 4.78 is 10.9. The van der Waals surface area contributed by atoms with Crippen molar-refractivity contribution in [2.45, 2.75) is 80.3 Å². The maximum absolute atomic E-state index is 10.2. The monoisotopic (exact) mass is 304 g/mol. The number of hydrogen-bond acceptors (Lipinski definition) is 4. The van der Waals surface area contributed by atoms with Crippen LogP contribution < -0.4 is 0 Å². The second kappa shape index (κ2) is 9.09. The Labute approximate surface area is 130 Å². The van der Waals surface area contributed by atoms with E-state index in [-0.39, 0.29) is 24.0 Å². The molecule has 0 radical (unpaired) electrons. The molecule has 21 heavy (non-hydrogen) atoms. The molecule has 0 saturated heterocycles. The van der Waals surface area contributed by atoms with Gasteiger partial charge >= 0.3 is 0 Å². The molecule has 0 aliphatic carbocycles. The van der Waals surface area contributed by atoms with E-state index in [1.807, 2.05) is 34.6 Å². The van der Waals surface area contributed by atoms with Crippen molar-refractivity contribution in [3.63, 3.8) is 0 Å². The van der Waals surface area contributed by atoms with Crippen molar-refractivity contribution in [3.05, 3.63) is 0 Å². The lowest BCUT2D eigenvalue weighted by atomic mass is 9.82. The second-order valence-corrected chi connectivity index (χ2v) is 7.49. The van der Waals surface area contributed by atoms with E-state index in [0.717, 1.165) is 19.3 Å². The zero-order chi connectivity index (χ0) is 16.7. The van der Waals surface area contributed by atoms with Crippen molar-refractivity contribution >= 4 is 0 Å². The smallest absolute Gasteiger partial charge is 0.159 e. The van der Waals surface area contributed by atoms with Gasteiger partial charge in [0.05, 0.1) is 13.2 Å². The fraction of sp³-hybridized carbons (Fsp3) is 1.00. The highest BCUT2D eigenvalue weighted by Gasteiger charge is 2.30. The molecular formula is C17H36O4. The van der Waals surface area contributed by atoms with E-state index in [4.69, 9.17) is 9.47 Å². The average molecular weight is 304 g/mol. The molecule has 0 aromatic heterocycles. The van der Waals surface area contributed by atoms with Crippen molar-refractivity contribution in [3.8, 4) is 0 Å². The minimum Gasteiger partial charge on any atom is -0.368 e. The zero-order valence-corrected chi connectivity index (χ0v) is 15.0. The molecule has 0 spiro atoms. The van der Waals surface area contributed by atoms with E-state index < -0.39 is 12.6 Å². The first kappa shape index (κ1) is 20.8. The minimum atomic E-state index is -0.813. The second-order valence-electron chi connectivity index (χ2n) is 7.49. The Morgan fingerprint density at radius 1 is 0.857 bits per heavy atom. The lowest BCUT2D eigenvalue weighted by molar-refractivity contribution is -0.206. The number of aliphatic hydroxyl groups is 2. The summed E-state index contributed by atoms with van der Waals surface area (Å²) in [7, 11) is 0. The third-order valence-corrected chi connectivity index (χ3v) is 4.45. The SMILES string of the molecule is CCC(C)CC(C)(C)C(O)OCCOC(O)C(C)(C)CC. The highest BCUT2D eigenvalue weighted by molar-refractivity contribution is 4.74. The van der Waals surface area contributed by atoms with Gasteiger partial charge < -0.3 is 19.7 Å². The van der Waals surface area contributed by atoms with Crippen LogP contribution in [0.5, 0.6) is 0 Å². The molecule has 0 aromatic carbocycles. The van der Waals surface area contributed by atoms with Gasteiger partial charge in [-0.1, -0.05) is 54.9 Å². The van der Waals surface area contributed by atoms with Crippen LogP contribution in [0.3, 0.4) is 0 Å². The van der Waals surface area contributed by atoms with E-state index in [9.17, 15) is 10.2 Å². The largest absolute Gasteiger partial charge is 0.368 e. The maximum Gasteiger partial charge on any atom is 0.159 e. The Balaban J connectivity index is 4.06. The van der Waals surface area contributed by atoms with Gasteiger partial charge in [-0.15, -0.1) is 0 Å². The van der Waals surface area contributed by atoms with Crippen molar-refractivity contribution < 1.29 is 19.7 Å². The number of aliphatic hydroxyl groups excluding tert-OH is 2. The van der Waals surface area contributed by atoms with Crippen LogP contribution in [0.25, 0.3) is 0 Å². The molecular weight excluding hydrogens is 268 g/mol. The van der Waals surface area contributed by atoms with Gasteiger partial charge in [0.2, 0.25) is 0 Å². The van der Waals surface area contributed by atoms with Crippen LogP contribution in [-0.2, 0) is 9.47 Å². The maximum atomic E-state index is 10.2. The van der Waals surface area contributed by atoms with Crippen LogP contribution in [-0.4, -0.2) is 36.0 Å². The normalized spacial score (nSPS) is 17.6. The molecule has 128 valence electrons. The highest BCUT2D eigenvalue weighted by atomic mass is 16.6. The van der Waals surface area contributed by atoms with Crippen molar-refractivity contribution in [2.24, 2.45) is 16.7 Å². The molecule has 0 rings (SSSR count). The molecule has 0 aromatic rings. The molecule has 0 saturated carbocycles. The molecule has 3 unspecified atom stereocenters. The van der Waals surface area contributed by atoms with Crippen LogP contribution in [0.15, 0.2) is 0 Å². The summed E-state index contributed by atoms with van der Waals surface area (Å²) in [6.45, 7) is 14.9. The predicted octanol–water partition coefficient (Wildman–Crippen LogP) is 3.56. The predicted molar refractivity (Wildman–Crippen MR) is 85.8 cm³/mol. The Kier molecular flexibility index (Phi) is 9.02. The van der Waals surface area contributed by atoms with Gasteiger partial charge in [0.15, 0.2) is 12.6 Å². The summed E-state index contributed by atoms with van der Waals surface area (Å²) in [5, 5.41) is 20.1. The van der Waals surface area contributed by atoms with Gasteiger partial charge in [-0.05, 0) is 18.8 Å². The van der Waals surface area contributed by atoms with Crippen LogP contribution in [0.1, 0.15) is 67.7 Å². The van der Waals surface area contributed by atoms with Gasteiger partial charge in [0, 0.05) is 10.8 Å². The van der Waals surface area contributed by atoms with Crippen LogP contribution in [0, 0.1) is 16.7 Å². The molecule has 0 aliphatic rings. The van der Waals surface area contributed by atoms with Gasteiger partial charge in [0.25, 0.3) is 0 Å². The van der Waals surface area contributed by atoms with E-state index in [0.29, 0.717) is 5.92 Å².